The number of amides is 2. The lowest BCUT2D eigenvalue weighted by Crippen LogP contribution is -2.53. The zero-order chi connectivity index (χ0) is 19.3. The Balaban J connectivity index is 2.15. The monoisotopic (exact) mass is 366 g/mol. The third-order valence-corrected chi connectivity index (χ3v) is 3.98. The van der Waals surface area contributed by atoms with Crippen molar-refractivity contribution in [2.45, 2.75) is 57.7 Å². The van der Waals surface area contributed by atoms with Crippen molar-refractivity contribution in [2.24, 2.45) is 0 Å². The number of nitrogens with one attached hydrogen (secondary N) is 2. The van der Waals surface area contributed by atoms with Crippen molar-refractivity contribution >= 4 is 18.0 Å². The number of esters is 1. The minimum Gasteiger partial charge on any atom is -0.467 e. The molecule has 0 radical (unpaired) electrons. The van der Waals surface area contributed by atoms with Gasteiger partial charge in [0.2, 0.25) is 5.91 Å². The van der Waals surface area contributed by atoms with Gasteiger partial charge in [0.05, 0.1) is 13.4 Å². The molecule has 0 aliphatic carbocycles. The quantitative estimate of drug-likeness (QED) is 0.752. The third kappa shape index (κ3) is 5.21. The van der Waals surface area contributed by atoms with Gasteiger partial charge in [0.25, 0.3) is 0 Å². The highest BCUT2D eigenvalue weighted by molar-refractivity contribution is 5.90. The van der Waals surface area contributed by atoms with Crippen molar-refractivity contribution in [2.75, 3.05) is 13.7 Å². The van der Waals surface area contributed by atoms with Crippen molar-refractivity contribution < 1.29 is 23.9 Å². The van der Waals surface area contributed by atoms with Crippen LogP contribution in [0.3, 0.4) is 0 Å². The average Bonchev–Trinajstić information content (AvgIpc) is 3.22. The second kappa shape index (κ2) is 8.20. The molecular weight excluding hydrogens is 340 g/mol. The molecule has 2 heterocycles. The molecule has 26 heavy (non-hydrogen) atoms. The predicted octanol–water partition coefficient (Wildman–Crippen LogP) is 1.01. The van der Waals surface area contributed by atoms with Crippen molar-refractivity contribution in [1.82, 2.24) is 20.2 Å². The van der Waals surface area contributed by atoms with E-state index in [1.807, 2.05) is 0 Å². The van der Waals surface area contributed by atoms with E-state index in [9.17, 15) is 14.4 Å². The number of alkyl carbamates (subject to hydrolysis) is 1. The van der Waals surface area contributed by atoms with Crippen LogP contribution in [0.25, 0.3) is 0 Å². The molecule has 0 unspecified atom stereocenters. The molecule has 1 saturated heterocycles. The fourth-order valence-electron chi connectivity index (χ4n) is 2.88. The summed E-state index contributed by atoms with van der Waals surface area (Å²) in [7, 11) is 1.30. The van der Waals surface area contributed by atoms with Crippen molar-refractivity contribution in [3.63, 3.8) is 0 Å². The van der Waals surface area contributed by atoms with Crippen molar-refractivity contribution in [3.05, 3.63) is 18.2 Å². The zero-order valence-electron chi connectivity index (χ0n) is 15.6. The van der Waals surface area contributed by atoms with Gasteiger partial charge < -0.3 is 24.7 Å². The minimum absolute atomic E-state index is 0.211. The number of imidazole rings is 1. The molecule has 2 N–H and O–H groups in total. The second-order valence-corrected chi connectivity index (χ2v) is 7.19. The van der Waals surface area contributed by atoms with Crippen LogP contribution in [0.5, 0.6) is 0 Å². The Morgan fingerprint density at radius 3 is 2.73 bits per heavy atom. The van der Waals surface area contributed by atoms with Crippen LogP contribution in [0.4, 0.5) is 4.79 Å². The number of hydrogen-bond acceptors (Lipinski definition) is 6. The molecule has 0 aromatic carbocycles. The highest BCUT2D eigenvalue weighted by atomic mass is 16.6. The van der Waals surface area contributed by atoms with Gasteiger partial charge in [-0.1, -0.05) is 0 Å². The molecule has 1 fully saturated rings. The summed E-state index contributed by atoms with van der Waals surface area (Å²) >= 11 is 0. The molecule has 2 atom stereocenters. The Bertz CT molecular complexity index is 638. The first-order chi connectivity index (χ1) is 12.2. The van der Waals surface area contributed by atoms with Gasteiger partial charge in [0, 0.05) is 24.9 Å². The Morgan fingerprint density at radius 2 is 2.15 bits per heavy atom. The molecule has 0 bridgehead atoms. The average molecular weight is 366 g/mol. The molecule has 2 rings (SSSR count). The van der Waals surface area contributed by atoms with Crippen LogP contribution < -0.4 is 5.32 Å². The van der Waals surface area contributed by atoms with Crippen LogP contribution >= 0.6 is 0 Å². The number of hydrogen-bond donors (Lipinski definition) is 2. The molecule has 9 heteroatoms. The molecule has 9 nitrogen and oxygen atoms in total. The molecule has 1 aliphatic rings. The van der Waals surface area contributed by atoms with Crippen LogP contribution in [0, 0.1) is 0 Å². The van der Waals surface area contributed by atoms with E-state index < -0.39 is 29.7 Å². The molecular formula is C17H26N4O5. The normalized spacial score (nSPS) is 18.3. The smallest absolute Gasteiger partial charge is 0.408 e. The van der Waals surface area contributed by atoms with Crippen molar-refractivity contribution in [1.29, 1.82) is 0 Å². The number of carbonyl (C=O) groups excluding carboxylic acids is 3. The standard InChI is InChI=1S/C17H26N4O5/c1-17(2,3)26-16(24)20-12(8-11-9-18-10-19-11)14(22)21-7-5-6-13(21)15(23)25-4/h9-10,12-13H,5-8H2,1-4H3,(H,18,19)(H,20,24)/t12-,13-/m0/s1. The SMILES string of the molecule is COC(=O)[C@@H]1CCCN1C(=O)[C@H](Cc1cnc[nH]1)NC(=O)OC(C)(C)C. The van der Waals surface area contributed by atoms with E-state index in [0.717, 1.165) is 0 Å². The first-order valence-corrected chi connectivity index (χ1v) is 8.56. The van der Waals surface area contributed by atoms with Gasteiger partial charge in [-0.3, -0.25) is 4.79 Å². The number of aromatic nitrogens is 2. The van der Waals surface area contributed by atoms with E-state index in [-0.39, 0.29) is 12.3 Å². The maximum Gasteiger partial charge on any atom is 0.408 e. The number of carbonyl (C=O) groups is 3. The van der Waals surface area contributed by atoms with E-state index in [4.69, 9.17) is 9.47 Å². The number of ether oxygens (including phenoxy) is 2. The molecule has 0 spiro atoms. The first-order valence-electron chi connectivity index (χ1n) is 8.56. The highest BCUT2D eigenvalue weighted by Crippen LogP contribution is 2.20. The minimum atomic E-state index is -0.879. The maximum atomic E-state index is 13.0. The number of rotatable bonds is 5. The van der Waals surface area contributed by atoms with Gasteiger partial charge in [-0.05, 0) is 33.6 Å². The molecule has 2 amide bonds. The predicted molar refractivity (Wildman–Crippen MR) is 92.2 cm³/mol. The Kier molecular flexibility index (Phi) is 6.23. The summed E-state index contributed by atoms with van der Waals surface area (Å²) < 4.78 is 10.0. The second-order valence-electron chi connectivity index (χ2n) is 7.19. The molecule has 0 saturated carbocycles. The molecule has 1 aromatic heterocycles. The number of nitrogens with zero attached hydrogens (tertiary/aromatic N) is 2. The van der Waals surface area contributed by atoms with Gasteiger partial charge in [-0.2, -0.15) is 0 Å². The number of H-pyrrole nitrogens is 1. The zero-order valence-corrected chi connectivity index (χ0v) is 15.6. The lowest BCUT2D eigenvalue weighted by molar-refractivity contribution is -0.151. The van der Waals surface area contributed by atoms with Crippen LogP contribution in [-0.2, 0) is 25.5 Å². The topological polar surface area (TPSA) is 114 Å². The summed E-state index contributed by atoms with van der Waals surface area (Å²) in [6, 6.07) is -1.51. The van der Waals surface area contributed by atoms with Gasteiger partial charge in [0.15, 0.2) is 0 Å². The summed E-state index contributed by atoms with van der Waals surface area (Å²) in [5, 5.41) is 2.61. The molecule has 144 valence electrons. The van der Waals surface area contributed by atoms with E-state index in [2.05, 4.69) is 15.3 Å². The summed E-state index contributed by atoms with van der Waals surface area (Å²) in [5.41, 5.74) is 0.00153. The fraction of sp³-hybridized carbons (Fsp3) is 0.647. The van der Waals surface area contributed by atoms with Gasteiger partial charge >= 0.3 is 12.1 Å². The summed E-state index contributed by atoms with van der Waals surface area (Å²) in [5.74, 6) is -0.799. The Labute approximate surface area is 152 Å². The lowest BCUT2D eigenvalue weighted by Gasteiger charge is -2.28. The van der Waals surface area contributed by atoms with Crippen molar-refractivity contribution in [3.8, 4) is 0 Å². The number of aromatic amines is 1. The lowest BCUT2D eigenvalue weighted by atomic mass is 10.1. The Hall–Kier alpha value is -2.58. The summed E-state index contributed by atoms with van der Waals surface area (Å²) in [6.07, 6.45) is 3.85. The van der Waals surface area contributed by atoms with E-state index in [1.165, 1.54) is 18.3 Å². The van der Waals surface area contributed by atoms with Crippen LogP contribution in [-0.4, -0.2) is 64.2 Å². The fourth-order valence-corrected chi connectivity index (χ4v) is 2.88. The van der Waals surface area contributed by atoms with E-state index in [0.29, 0.717) is 25.1 Å². The maximum absolute atomic E-state index is 13.0. The third-order valence-electron chi connectivity index (χ3n) is 3.98. The first kappa shape index (κ1) is 19.7. The van der Waals surface area contributed by atoms with Crippen LogP contribution in [0.15, 0.2) is 12.5 Å². The number of methoxy groups -OCH3 is 1. The van der Waals surface area contributed by atoms with Crippen LogP contribution in [0.2, 0.25) is 0 Å². The highest BCUT2D eigenvalue weighted by Gasteiger charge is 2.38. The summed E-state index contributed by atoms with van der Waals surface area (Å²) in [4.78, 5) is 45.4. The van der Waals surface area contributed by atoms with E-state index in [1.54, 1.807) is 27.0 Å². The number of likely N-dealkylation sites (tertiary alicyclic amines) is 1. The van der Waals surface area contributed by atoms with Crippen LogP contribution in [0.1, 0.15) is 39.3 Å². The Morgan fingerprint density at radius 1 is 1.42 bits per heavy atom. The van der Waals surface area contributed by atoms with E-state index >= 15 is 0 Å². The largest absolute Gasteiger partial charge is 0.467 e. The molecule has 1 aromatic rings. The molecule has 1 aliphatic heterocycles. The summed E-state index contributed by atoms with van der Waals surface area (Å²) in [6.45, 7) is 5.66. The van der Waals surface area contributed by atoms with Gasteiger partial charge in [-0.15, -0.1) is 0 Å². The van der Waals surface area contributed by atoms with Gasteiger partial charge in [0.1, 0.15) is 17.7 Å². The van der Waals surface area contributed by atoms with Gasteiger partial charge in [-0.25, -0.2) is 14.6 Å².